The van der Waals surface area contributed by atoms with E-state index in [4.69, 9.17) is 5.11 Å². The molecule has 118 valence electrons. The lowest BCUT2D eigenvalue weighted by Crippen LogP contribution is -2.12. The molecule has 3 rings (SSSR count). The first-order valence-corrected chi connectivity index (χ1v) is 8.57. The molecule has 0 fully saturated rings. The first-order chi connectivity index (χ1) is 10.8. The Balaban J connectivity index is 1.94. The molecule has 3 aromatic rings. The molecule has 0 spiro atoms. The van der Waals surface area contributed by atoms with Crippen LogP contribution < -0.4 is 4.72 Å². The molecule has 0 saturated heterocycles. The first kappa shape index (κ1) is 15.4. The normalized spacial score (nSPS) is 11.5. The van der Waals surface area contributed by atoms with E-state index >= 15 is 0 Å². The van der Waals surface area contributed by atoms with Gasteiger partial charge in [-0.25, -0.2) is 22.6 Å². The van der Waals surface area contributed by atoms with Gasteiger partial charge in [-0.3, -0.25) is 4.72 Å². The zero-order valence-electron chi connectivity index (χ0n) is 11.4. The first-order valence-electron chi connectivity index (χ1n) is 6.27. The average Bonchev–Trinajstić information content (AvgIpc) is 2.87. The van der Waals surface area contributed by atoms with Crippen molar-refractivity contribution in [2.75, 3.05) is 4.72 Å². The number of carboxylic acids is 1. The highest BCUT2D eigenvalue weighted by Crippen LogP contribution is 2.28. The van der Waals surface area contributed by atoms with Crippen molar-refractivity contribution >= 4 is 42.7 Å². The fourth-order valence-electron chi connectivity index (χ4n) is 1.89. The number of sulfonamides is 1. The number of halogens is 1. The van der Waals surface area contributed by atoms with E-state index in [-0.39, 0.29) is 15.6 Å². The molecule has 1 heterocycles. The fraction of sp³-hybridized carbons (Fsp3) is 0. The van der Waals surface area contributed by atoms with Crippen molar-refractivity contribution in [1.29, 1.82) is 0 Å². The number of nitrogens with zero attached hydrogens (tertiary/aromatic N) is 1. The largest absolute Gasteiger partial charge is 0.478 e. The molecule has 0 bridgehead atoms. The second-order valence-corrected chi connectivity index (χ2v) is 7.28. The number of hydrogen-bond donors (Lipinski definition) is 2. The number of benzene rings is 2. The minimum atomic E-state index is -3.89. The van der Waals surface area contributed by atoms with Crippen LogP contribution in [0.4, 0.5) is 9.52 Å². The second kappa shape index (κ2) is 5.60. The van der Waals surface area contributed by atoms with E-state index in [1.54, 1.807) is 0 Å². The zero-order chi connectivity index (χ0) is 16.6. The Hall–Kier alpha value is -2.52. The number of thiazole rings is 1. The summed E-state index contributed by atoms with van der Waals surface area (Å²) in [6.45, 7) is 0. The van der Waals surface area contributed by atoms with E-state index in [9.17, 15) is 17.6 Å². The van der Waals surface area contributed by atoms with Gasteiger partial charge >= 0.3 is 5.97 Å². The lowest BCUT2D eigenvalue weighted by molar-refractivity contribution is 0.0697. The third-order valence-corrected chi connectivity index (χ3v) is 5.40. The number of hydrogen-bond acceptors (Lipinski definition) is 5. The van der Waals surface area contributed by atoms with Gasteiger partial charge in [0.2, 0.25) is 0 Å². The predicted molar refractivity (Wildman–Crippen MR) is 83.8 cm³/mol. The third-order valence-electron chi connectivity index (χ3n) is 2.98. The summed E-state index contributed by atoms with van der Waals surface area (Å²) in [6.07, 6.45) is 0. The van der Waals surface area contributed by atoms with Crippen molar-refractivity contribution in [2.45, 2.75) is 4.90 Å². The Bertz CT molecular complexity index is 997. The van der Waals surface area contributed by atoms with Crippen molar-refractivity contribution < 1.29 is 22.7 Å². The number of carbonyl (C=O) groups is 1. The molecule has 23 heavy (non-hydrogen) atoms. The highest BCUT2D eigenvalue weighted by molar-refractivity contribution is 7.93. The van der Waals surface area contributed by atoms with E-state index in [1.807, 2.05) is 0 Å². The molecule has 0 aliphatic rings. The fourth-order valence-corrected chi connectivity index (χ4v) is 4.03. The van der Waals surface area contributed by atoms with Crippen LogP contribution in [0.5, 0.6) is 0 Å². The van der Waals surface area contributed by atoms with Crippen LogP contribution in [-0.4, -0.2) is 24.5 Å². The quantitative estimate of drug-likeness (QED) is 0.752. The monoisotopic (exact) mass is 352 g/mol. The number of nitrogens with one attached hydrogen (secondary N) is 1. The van der Waals surface area contributed by atoms with Crippen LogP contribution in [0, 0.1) is 5.82 Å². The van der Waals surface area contributed by atoms with Crippen LogP contribution in [0.15, 0.2) is 47.4 Å². The number of rotatable bonds is 4. The van der Waals surface area contributed by atoms with Gasteiger partial charge in [-0.15, -0.1) is 0 Å². The van der Waals surface area contributed by atoms with E-state index in [2.05, 4.69) is 9.71 Å². The second-order valence-electron chi connectivity index (χ2n) is 4.57. The summed E-state index contributed by atoms with van der Waals surface area (Å²) in [5, 5.41) is 9.05. The number of fused-ring (bicyclic) bond motifs is 1. The summed E-state index contributed by atoms with van der Waals surface area (Å²) in [7, 11) is -3.89. The SMILES string of the molecule is O=C(O)c1ccc2nc(NS(=O)(=O)c3ccc(F)cc3)sc2c1. The highest BCUT2D eigenvalue weighted by Gasteiger charge is 2.17. The van der Waals surface area contributed by atoms with Crippen LogP contribution in [-0.2, 0) is 10.0 Å². The summed E-state index contributed by atoms with van der Waals surface area (Å²) >= 11 is 1.01. The van der Waals surface area contributed by atoms with Crippen LogP contribution >= 0.6 is 11.3 Å². The van der Waals surface area contributed by atoms with Crippen LogP contribution in [0.25, 0.3) is 10.2 Å². The lowest BCUT2D eigenvalue weighted by Gasteiger charge is -2.04. The van der Waals surface area contributed by atoms with Gasteiger partial charge < -0.3 is 5.11 Å². The Morgan fingerprint density at radius 3 is 2.52 bits per heavy atom. The molecule has 9 heteroatoms. The molecule has 0 aliphatic heterocycles. The third kappa shape index (κ3) is 3.15. The maximum Gasteiger partial charge on any atom is 0.335 e. The number of aromatic carboxylic acids is 1. The molecular formula is C14H9FN2O4S2. The summed E-state index contributed by atoms with van der Waals surface area (Å²) < 4.78 is 40.1. The van der Waals surface area contributed by atoms with Crippen LogP contribution in [0.2, 0.25) is 0 Å². The number of aromatic nitrogens is 1. The van der Waals surface area contributed by atoms with Crippen molar-refractivity contribution in [3.63, 3.8) is 0 Å². The van der Waals surface area contributed by atoms with Crippen molar-refractivity contribution in [2.24, 2.45) is 0 Å². The molecule has 6 nitrogen and oxygen atoms in total. The Morgan fingerprint density at radius 2 is 1.87 bits per heavy atom. The summed E-state index contributed by atoms with van der Waals surface area (Å²) in [4.78, 5) is 14.9. The van der Waals surface area contributed by atoms with Gasteiger partial charge in [0.1, 0.15) is 5.82 Å². The van der Waals surface area contributed by atoms with Gasteiger partial charge in [-0.1, -0.05) is 11.3 Å². The van der Waals surface area contributed by atoms with Crippen molar-refractivity contribution in [3.8, 4) is 0 Å². The van der Waals surface area contributed by atoms with E-state index in [0.29, 0.717) is 10.2 Å². The van der Waals surface area contributed by atoms with Gasteiger partial charge in [0.15, 0.2) is 5.13 Å². The Labute approximate surface area is 134 Å². The molecule has 1 aromatic heterocycles. The van der Waals surface area contributed by atoms with E-state index in [0.717, 1.165) is 35.6 Å². The maximum atomic E-state index is 12.9. The summed E-state index contributed by atoms with van der Waals surface area (Å²) in [5.41, 5.74) is 0.575. The molecule has 0 radical (unpaired) electrons. The van der Waals surface area contributed by atoms with Crippen molar-refractivity contribution in [1.82, 2.24) is 4.98 Å². The molecule has 0 amide bonds. The van der Waals surface area contributed by atoms with Gasteiger partial charge in [0.05, 0.1) is 20.7 Å². The molecule has 0 aliphatic carbocycles. The minimum absolute atomic E-state index is 0.0918. The van der Waals surface area contributed by atoms with E-state index in [1.165, 1.54) is 18.2 Å². The standard InChI is InChI=1S/C14H9FN2O4S2/c15-9-2-4-10(5-3-9)23(20,21)17-14-16-11-6-1-8(13(18)19)7-12(11)22-14/h1-7H,(H,16,17)(H,18,19). The zero-order valence-corrected chi connectivity index (χ0v) is 13.0. The predicted octanol–water partition coefficient (Wildman–Crippen LogP) is 2.93. The smallest absolute Gasteiger partial charge is 0.335 e. The van der Waals surface area contributed by atoms with Gasteiger partial charge in [-0.2, -0.15) is 0 Å². The van der Waals surface area contributed by atoms with E-state index < -0.39 is 21.8 Å². The molecule has 2 N–H and O–H groups in total. The topological polar surface area (TPSA) is 96.4 Å². The van der Waals surface area contributed by atoms with Gasteiger partial charge in [-0.05, 0) is 42.5 Å². The summed E-state index contributed by atoms with van der Waals surface area (Å²) in [6, 6.07) is 8.71. The van der Waals surface area contributed by atoms with Gasteiger partial charge in [0.25, 0.3) is 10.0 Å². The van der Waals surface area contributed by atoms with Crippen LogP contribution in [0.1, 0.15) is 10.4 Å². The molecule has 0 unspecified atom stereocenters. The molecule has 0 atom stereocenters. The number of carboxylic acid groups (broad SMARTS) is 1. The molecule has 2 aromatic carbocycles. The molecular weight excluding hydrogens is 343 g/mol. The number of anilines is 1. The molecule has 0 saturated carbocycles. The summed E-state index contributed by atoms with van der Waals surface area (Å²) in [5.74, 6) is -1.61. The van der Waals surface area contributed by atoms with Crippen LogP contribution in [0.3, 0.4) is 0 Å². The Morgan fingerprint density at radius 1 is 1.17 bits per heavy atom. The van der Waals surface area contributed by atoms with Gasteiger partial charge in [0, 0.05) is 0 Å². The van der Waals surface area contributed by atoms with Crippen molar-refractivity contribution in [3.05, 3.63) is 53.8 Å². The Kier molecular flexibility index (Phi) is 3.74. The highest BCUT2D eigenvalue weighted by atomic mass is 32.2. The lowest BCUT2D eigenvalue weighted by atomic mass is 10.2. The minimum Gasteiger partial charge on any atom is -0.478 e. The maximum absolute atomic E-state index is 12.9. The average molecular weight is 352 g/mol.